The molecule has 3 heteroatoms. The van der Waals surface area contributed by atoms with E-state index in [9.17, 15) is 8.78 Å². The highest BCUT2D eigenvalue weighted by Crippen LogP contribution is 2.12. The molecule has 1 rings (SSSR count). The van der Waals surface area contributed by atoms with Crippen LogP contribution < -0.4 is 5.32 Å². The summed E-state index contributed by atoms with van der Waals surface area (Å²) < 4.78 is 26.1. The zero-order valence-corrected chi connectivity index (χ0v) is 10.2. The van der Waals surface area contributed by atoms with Crippen LogP contribution in [0.15, 0.2) is 30.4 Å². The van der Waals surface area contributed by atoms with Crippen LogP contribution >= 0.6 is 0 Å². The lowest BCUT2D eigenvalue weighted by Crippen LogP contribution is -2.15. The Morgan fingerprint density at radius 2 is 2.00 bits per heavy atom. The quantitative estimate of drug-likeness (QED) is 0.567. The minimum atomic E-state index is -0.777. The molecule has 0 aromatic heterocycles. The van der Waals surface area contributed by atoms with Crippen LogP contribution in [0.1, 0.15) is 25.3 Å². The summed E-state index contributed by atoms with van der Waals surface area (Å²) in [7, 11) is 0. The van der Waals surface area contributed by atoms with Crippen LogP contribution in [0.2, 0.25) is 0 Å². The largest absolute Gasteiger partial charge is 0.316 e. The molecule has 94 valence electrons. The molecule has 0 radical (unpaired) electrons. The van der Waals surface area contributed by atoms with Crippen LogP contribution in [0, 0.1) is 11.6 Å². The van der Waals surface area contributed by atoms with E-state index in [4.69, 9.17) is 0 Å². The molecule has 0 saturated heterocycles. The van der Waals surface area contributed by atoms with Gasteiger partial charge in [-0.05, 0) is 44.0 Å². The highest BCUT2D eigenvalue weighted by molar-refractivity contribution is 5.21. The second-order valence-electron chi connectivity index (χ2n) is 3.93. The predicted molar refractivity (Wildman–Crippen MR) is 67.0 cm³/mol. The summed E-state index contributed by atoms with van der Waals surface area (Å²) in [6.45, 7) is 4.07. The fraction of sp³-hybridized carbons (Fsp3) is 0.429. The Morgan fingerprint density at radius 3 is 2.76 bits per heavy atom. The number of hydrogen-bond donors (Lipinski definition) is 1. The summed E-state index contributed by atoms with van der Waals surface area (Å²) in [5.74, 6) is -1.51. The summed E-state index contributed by atoms with van der Waals surface area (Å²) in [4.78, 5) is 0. The SMILES string of the molecule is CCCNCCC=CCc1cccc(F)c1F. The van der Waals surface area contributed by atoms with Crippen molar-refractivity contribution in [2.24, 2.45) is 0 Å². The third kappa shape index (κ3) is 5.09. The zero-order chi connectivity index (χ0) is 12.5. The molecule has 0 aliphatic carbocycles. The highest BCUT2D eigenvalue weighted by Gasteiger charge is 2.04. The Hall–Kier alpha value is -1.22. The first kappa shape index (κ1) is 13.8. The van der Waals surface area contributed by atoms with Crippen LogP contribution in [-0.2, 0) is 6.42 Å². The number of benzene rings is 1. The number of halogens is 2. The van der Waals surface area contributed by atoms with Crippen LogP contribution in [0.3, 0.4) is 0 Å². The van der Waals surface area contributed by atoms with E-state index in [0.29, 0.717) is 12.0 Å². The van der Waals surface area contributed by atoms with Crippen molar-refractivity contribution in [2.75, 3.05) is 13.1 Å². The van der Waals surface area contributed by atoms with Gasteiger partial charge in [-0.25, -0.2) is 8.78 Å². The lowest BCUT2D eigenvalue weighted by molar-refractivity contribution is 0.501. The summed E-state index contributed by atoms with van der Waals surface area (Å²) in [5.41, 5.74) is 0.405. The van der Waals surface area contributed by atoms with Crippen LogP contribution in [0.5, 0.6) is 0 Å². The molecular weight excluding hydrogens is 220 g/mol. The summed E-state index contributed by atoms with van der Waals surface area (Å²) in [6.07, 6.45) is 6.35. The molecule has 0 aliphatic rings. The Kier molecular flexibility index (Phi) is 6.48. The molecule has 1 N–H and O–H groups in total. The van der Waals surface area contributed by atoms with E-state index in [1.807, 2.05) is 12.2 Å². The molecule has 1 aromatic rings. The van der Waals surface area contributed by atoms with Gasteiger partial charge in [0.25, 0.3) is 0 Å². The van der Waals surface area contributed by atoms with E-state index < -0.39 is 11.6 Å². The van der Waals surface area contributed by atoms with Gasteiger partial charge in [-0.3, -0.25) is 0 Å². The molecule has 0 heterocycles. The molecule has 0 spiro atoms. The van der Waals surface area contributed by atoms with Gasteiger partial charge in [0.2, 0.25) is 0 Å². The third-order valence-electron chi connectivity index (χ3n) is 2.45. The van der Waals surface area contributed by atoms with Crippen molar-refractivity contribution in [3.63, 3.8) is 0 Å². The van der Waals surface area contributed by atoms with E-state index in [0.717, 1.165) is 32.0 Å². The lowest BCUT2D eigenvalue weighted by atomic mass is 10.1. The molecule has 0 amide bonds. The molecule has 0 fully saturated rings. The minimum absolute atomic E-state index is 0.405. The molecular formula is C14H19F2N. The molecule has 0 atom stereocenters. The Bertz CT molecular complexity index is 361. The zero-order valence-electron chi connectivity index (χ0n) is 10.2. The number of hydrogen-bond acceptors (Lipinski definition) is 1. The number of rotatable bonds is 7. The maximum absolute atomic E-state index is 13.3. The first-order valence-corrected chi connectivity index (χ1v) is 6.04. The summed E-state index contributed by atoms with van der Waals surface area (Å²) >= 11 is 0. The Balaban J connectivity index is 2.30. The van der Waals surface area contributed by atoms with Gasteiger partial charge >= 0.3 is 0 Å². The fourth-order valence-corrected chi connectivity index (χ4v) is 1.52. The highest BCUT2D eigenvalue weighted by atomic mass is 19.2. The molecule has 0 aliphatic heterocycles. The first-order chi connectivity index (χ1) is 8.25. The number of allylic oxidation sites excluding steroid dienone is 1. The van der Waals surface area contributed by atoms with Crippen molar-refractivity contribution in [2.45, 2.75) is 26.2 Å². The topological polar surface area (TPSA) is 12.0 Å². The van der Waals surface area contributed by atoms with E-state index in [2.05, 4.69) is 12.2 Å². The second-order valence-corrected chi connectivity index (χ2v) is 3.93. The van der Waals surface area contributed by atoms with E-state index >= 15 is 0 Å². The molecule has 0 unspecified atom stereocenters. The average molecular weight is 239 g/mol. The van der Waals surface area contributed by atoms with Crippen LogP contribution in [-0.4, -0.2) is 13.1 Å². The average Bonchev–Trinajstić information content (AvgIpc) is 2.33. The minimum Gasteiger partial charge on any atom is -0.316 e. The fourth-order valence-electron chi connectivity index (χ4n) is 1.52. The van der Waals surface area contributed by atoms with Crippen LogP contribution in [0.4, 0.5) is 8.78 Å². The monoisotopic (exact) mass is 239 g/mol. The molecule has 0 saturated carbocycles. The van der Waals surface area contributed by atoms with Gasteiger partial charge in [0.1, 0.15) is 0 Å². The summed E-state index contributed by atoms with van der Waals surface area (Å²) in [5, 5.41) is 3.27. The number of nitrogens with one attached hydrogen (secondary N) is 1. The molecule has 1 nitrogen and oxygen atoms in total. The van der Waals surface area contributed by atoms with E-state index in [-0.39, 0.29) is 0 Å². The first-order valence-electron chi connectivity index (χ1n) is 6.04. The van der Waals surface area contributed by atoms with Gasteiger partial charge in [0.15, 0.2) is 11.6 Å². The lowest BCUT2D eigenvalue weighted by Gasteiger charge is -2.00. The smallest absolute Gasteiger partial charge is 0.162 e. The van der Waals surface area contributed by atoms with Gasteiger partial charge in [-0.15, -0.1) is 0 Å². The maximum atomic E-state index is 13.3. The van der Waals surface area contributed by atoms with Crippen molar-refractivity contribution in [1.82, 2.24) is 5.32 Å². The van der Waals surface area contributed by atoms with Gasteiger partial charge in [-0.2, -0.15) is 0 Å². The van der Waals surface area contributed by atoms with Crippen molar-refractivity contribution >= 4 is 0 Å². The van der Waals surface area contributed by atoms with E-state index in [1.54, 1.807) is 6.07 Å². The maximum Gasteiger partial charge on any atom is 0.162 e. The third-order valence-corrected chi connectivity index (χ3v) is 2.45. The Labute approximate surface area is 102 Å². The normalized spacial score (nSPS) is 11.2. The molecule has 0 bridgehead atoms. The van der Waals surface area contributed by atoms with E-state index in [1.165, 1.54) is 6.07 Å². The summed E-state index contributed by atoms with van der Waals surface area (Å²) in [6, 6.07) is 4.28. The standard InChI is InChI=1S/C14H19F2N/c1-2-10-17-11-5-3-4-7-12-8-6-9-13(15)14(12)16/h3-4,6,8-9,17H,2,5,7,10-11H2,1H3. The van der Waals surface area contributed by atoms with Gasteiger partial charge < -0.3 is 5.32 Å². The molecule has 1 aromatic carbocycles. The van der Waals surface area contributed by atoms with Gasteiger partial charge in [0, 0.05) is 0 Å². The van der Waals surface area contributed by atoms with Crippen molar-refractivity contribution in [3.8, 4) is 0 Å². The van der Waals surface area contributed by atoms with Gasteiger partial charge in [-0.1, -0.05) is 31.2 Å². The predicted octanol–water partition coefficient (Wildman–Crippen LogP) is 3.45. The second kappa shape index (κ2) is 7.96. The molecule has 17 heavy (non-hydrogen) atoms. The van der Waals surface area contributed by atoms with Crippen molar-refractivity contribution < 1.29 is 8.78 Å². The van der Waals surface area contributed by atoms with Crippen LogP contribution in [0.25, 0.3) is 0 Å². The van der Waals surface area contributed by atoms with Gasteiger partial charge in [0.05, 0.1) is 0 Å². The van der Waals surface area contributed by atoms with Crippen molar-refractivity contribution in [3.05, 3.63) is 47.5 Å². The van der Waals surface area contributed by atoms with Crippen molar-refractivity contribution in [1.29, 1.82) is 0 Å². The Morgan fingerprint density at radius 1 is 1.18 bits per heavy atom.